The zero-order valence-electron chi connectivity index (χ0n) is 12.6. The van der Waals surface area contributed by atoms with Crippen molar-refractivity contribution in [1.82, 2.24) is 25.2 Å². The molecule has 2 heterocycles. The zero-order chi connectivity index (χ0) is 15.7. The lowest BCUT2D eigenvalue weighted by Crippen LogP contribution is -2.25. The molecule has 0 unspecified atom stereocenters. The first-order chi connectivity index (χ1) is 10.4. The molecule has 0 radical (unpaired) electrons. The number of nitrogens with one attached hydrogen (secondary N) is 1. The number of hydrogen-bond donors (Lipinski definition) is 1. The van der Waals surface area contributed by atoms with Gasteiger partial charge < -0.3 is 5.32 Å². The van der Waals surface area contributed by atoms with Gasteiger partial charge in [-0.25, -0.2) is 0 Å². The van der Waals surface area contributed by atoms with Crippen LogP contribution in [0.15, 0.2) is 36.5 Å². The lowest BCUT2D eigenvalue weighted by atomic mass is 10.1. The second kappa shape index (κ2) is 5.18. The zero-order valence-corrected chi connectivity index (χ0v) is 12.6. The average Bonchev–Trinajstić information content (AvgIpc) is 2.98. The van der Waals surface area contributed by atoms with Crippen LogP contribution in [0.25, 0.3) is 10.9 Å². The molecule has 0 aliphatic rings. The number of hydrogen-bond acceptors (Lipinski definition) is 5. The first-order valence-electron chi connectivity index (χ1n) is 6.91. The predicted molar refractivity (Wildman–Crippen MR) is 82.5 cm³/mol. The van der Waals surface area contributed by atoms with E-state index in [1.807, 2.05) is 45.0 Å². The Kier molecular flexibility index (Phi) is 3.32. The van der Waals surface area contributed by atoms with Crippen molar-refractivity contribution in [2.45, 2.75) is 26.3 Å². The van der Waals surface area contributed by atoms with Crippen LogP contribution in [0, 0.1) is 0 Å². The van der Waals surface area contributed by atoms with Gasteiger partial charge in [-0.15, -0.1) is 10.2 Å². The van der Waals surface area contributed by atoms with E-state index >= 15 is 0 Å². The maximum atomic E-state index is 12.3. The van der Waals surface area contributed by atoms with Gasteiger partial charge in [-0.05, 0) is 38.1 Å². The summed E-state index contributed by atoms with van der Waals surface area (Å²) in [6, 6.07) is 9.33. The lowest BCUT2D eigenvalue weighted by molar-refractivity contribution is 0.101. The van der Waals surface area contributed by atoms with Crippen molar-refractivity contribution in [1.29, 1.82) is 0 Å². The number of para-hydroxylation sites is 1. The second-order valence-corrected chi connectivity index (χ2v) is 5.90. The van der Waals surface area contributed by atoms with E-state index in [4.69, 9.17) is 0 Å². The number of amides is 1. The summed E-state index contributed by atoms with van der Waals surface area (Å²) in [7, 11) is 0. The largest absolute Gasteiger partial charge is 0.318 e. The number of carbonyl (C=O) groups excluding carboxylic acids is 1. The van der Waals surface area contributed by atoms with E-state index in [1.165, 1.54) is 4.80 Å². The SMILES string of the molecule is CC(C)(C)n1nnc(C(=O)Nc2ccnc3ccccc23)n1. The van der Waals surface area contributed by atoms with Crippen LogP contribution in [0.2, 0.25) is 0 Å². The molecular formula is C15H16N6O. The summed E-state index contributed by atoms with van der Waals surface area (Å²) in [5, 5.41) is 15.5. The van der Waals surface area contributed by atoms with Crippen LogP contribution < -0.4 is 5.32 Å². The third-order valence-electron chi connectivity index (χ3n) is 3.11. The van der Waals surface area contributed by atoms with E-state index in [9.17, 15) is 4.79 Å². The van der Waals surface area contributed by atoms with Crippen LogP contribution >= 0.6 is 0 Å². The van der Waals surface area contributed by atoms with Crippen LogP contribution in [0.1, 0.15) is 31.4 Å². The van der Waals surface area contributed by atoms with Crippen LogP contribution in [0.3, 0.4) is 0 Å². The standard InChI is InChI=1S/C15H16N6O/c1-15(2,3)21-19-13(18-20-21)14(22)17-12-8-9-16-11-7-5-4-6-10(11)12/h4-9H,1-3H3,(H,16,17,22). The Labute approximate surface area is 127 Å². The number of benzene rings is 1. The minimum atomic E-state index is -0.396. The Morgan fingerprint density at radius 2 is 1.95 bits per heavy atom. The predicted octanol–water partition coefficient (Wildman–Crippen LogP) is 2.23. The topological polar surface area (TPSA) is 85.6 Å². The number of pyridine rings is 1. The fraction of sp³-hybridized carbons (Fsp3) is 0.267. The molecule has 2 aromatic heterocycles. The van der Waals surface area contributed by atoms with Gasteiger partial charge in [0.15, 0.2) is 0 Å². The smallest absolute Gasteiger partial charge is 0.297 e. The van der Waals surface area contributed by atoms with Gasteiger partial charge in [-0.3, -0.25) is 9.78 Å². The molecule has 3 aromatic rings. The van der Waals surface area contributed by atoms with Crippen molar-refractivity contribution in [3.63, 3.8) is 0 Å². The fourth-order valence-electron chi connectivity index (χ4n) is 1.97. The molecule has 0 saturated carbocycles. The molecule has 1 N–H and O–H groups in total. The van der Waals surface area contributed by atoms with Crippen molar-refractivity contribution in [3.05, 3.63) is 42.4 Å². The summed E-state index contributed by atoms with van der Waals surface area (Å²) < 4.78 is 0. The van der Waals surface area contributed by atoms with Gasteiger partial charge in [0.1, 0.15) is 0 Å². The highest BCUT2D eigenvalue weighted by molar-refractivity contribution is 6.06. The highest BCUT2D eigenvalue weighted by Gasteiger charge is 2.20. The quantitative estimate of drug-likeness (QED) is 0.783. The molecule has 0 saturated heterocycles. The van der Waals surface area contributed by atoms with Gasteiger partial charge in [-0.2, -0.15) is 4.80 Å². The first-order valence-corrected chi connectivity index (χ1v) is 6.91. The maximum absolute atomic E-state index is 12.3. The van der Waals surface area contributed by atoms with Crippen LogP contribution in [0.5, 0.6) is 0 Å². The van der Waals surface area contributed by atoms with Gasteiger partial charge in [-0.1, -0.05) is 18.2 Å². The molecule has 1 amide bonds. The minimum absolute atomic E-state index is 0.0378. The Morgan fingerprint density at radius 1 is 1.18 bits per heavy atom. The highest BCUT2D eigenvalue weighted by Crippen LogP contribution is 2.21. The molecular weight excluding hydrogens is 280 g/mol. The van der Waals surface area contributed by atoms with E-state index in [2.05, 4.69) is 25.7 Å². The molecule has 0 spiro atoms. The monoisotopic (exact) mass is 296 g/mol. The number of nitrogens with zero attached hydrogens (tertiary/aromatic N) is 5. The van der Waals surface area contributed by atoms with E-state index in [-0.39, 0.29) is 11.4 Å². The Balaban J connectivity index is 1.89. The number of carbonyl (C=O) groups is 1. The fourth-order valence-corrected chi connectivity index (χ4v) is 1.97. The number of aromatic nitrogens is 5. The van der Waals surface area contributed by atoms with Crippen molar-refractivity contribution in [3.8, 4) is 0 Å². The highest BCUT2D eigenvalue weighted by atomic mass is 16.2. The van der Waals surface area contributed by atoms with E-state index in [1.54, 1.807) is 12.3 Å². The Bertz CT molecular complexity index is 828. The number of anilines is 1. The molecule has 0 fully saturated rings. The average molecular weight is 296 g/mol. The van der Waals surface area contributed by atoms with Crippen molar-refractivity contribution < 1.29 is 4.79 Å². The van der Waals surface area contributed by atoms with E-state index < -0.39 is 5.91 Å². The molecule has 0 atom stereocenters. The molecule has 112 valence electrons. The molecule has 0 bridgehead atoms. The normalized spacial score (nSPS) is 11.6. The second-order valence-electron chi connectivity index (χ2n) is 5.90. The van der Waals surface area contributed by atoms with Gasteiger partial charge in [0, 0.05) is 11.6 Å². The third kappa shape index (κ3) is 2.65. The number of fused-ring (bicyclic) bond motifs is 1. The van der Waals surface area contributed by atoms with Crippen LogP contribution in [-0.2, 0) is 5.54 Å². The Morgan fingerprint density at radius 3 is 2.68 bits per heavy atom. The summed E-state index contributed by atoms with van der Waals surface area (Å²) >= 11 is 0. The van der Waals surface area contributed by atoms with Crippen molar-refractivity contribution >= 4 is 22.5 Å². The van der Waals surface area contributed by atoms with Gasteiger partial charge in [0.05, 0.1) is 16.7 Å². The lowest BCUT2D eigenvalue weighted by Gasteiger charge is -2.15. The summed E-state index contributed by atoms with van der Waals surface area (Å²) in [6.45, 7) is 5.81. The number of rotatable bonds is 2. The molecule has 7 heteroatoms. The third-order valence-corrected chi connectivity index (χ3v) is 3.11. The van der Waals surface area contributed by atoms with Gasteiger partial charge in [0.25, 0.3) is 11.7 Å². The van der Waals surface area contributed by atoms with Crippen LogP contribution in [-0.4, -0.2) is 31.1 Å². The van der Waals surface area contributed by atoms with Crippen molar-refractivity contribution in [2.24, 2.45) is 0 Å². The van der Waals surface area contributed by atoms with Crippen LogP contribution in [0.4, 0.5) is 5.69 Å². The molecule has 3 rings (SSSR count). The van der Waals surface area contributed by atoms with Crippen molar-refractivity contribution in [2.75, 3.05) is 5.32 Å². The number of tetrazole rings is 1. The molecule has 7 nitrogen and oxygen atoms in total. The molecule has 0 aliphatic heterocycles. The first kappa shape index (κ1) is 14.1. The van der Waals surface area contributed by atoms with Gasteiger partial charge in [0.2, 0.25) is 0 Å². The van der Waals surface area contributed by atoms with E-state index in [0.29, 0.717) is 5.69 Å². The summed E-state index contributed by atoms with van der Waals surface area (Å²) in [6.07, 6.45) is 1.65. The summed E-state index contributed by atoms with van der Waals surface area (Å²) in [4.78, 5) is 18.0. The minimum Gasteiger partial charge on any atom is -0.318 e. The summed E-state index contributed by atoms with van der Waals surface area (Å²) in [5.74, 6) is -0.359. The van der Waals surface area contributed by atoms with Gasteiger partial charge >= 0.3 is 0 Å². The molecule has 0 aliphatic carbocycles. The Hall–Kier alpha value is -2.83. The maximum Gasteiger partial charge on any atom is 0.297 e. The summed E-state index contributed by atoms with van der Waals surface area (Å²) in [5.41, 5.74) is 1.16. The molecule has 1 aromatic carbocycles. The molecule has 22 heavy (non-hydrogen) atoms. The van der Waals surface area contributed by atoms with E-state index in [0.717, 1.165) is 10.9 Å².